The average molecular weight is 577 g/mol. The number of rotatable bonds is 26. The number of nitrogens with zero attached hydrogens (tertiary/aromatic N) is 1. The van der Waals surface area contributed by atoms with Gasteiger partial charge in [0.1, 0.15) is 6.04 Å². The van der Waals surface area contributed by atoms with Crippen LogP contribution < -0.4 is 16.0 Å². The van der Waals surface area contributed by atoms with E-state index in [0.717, 1.165) is 62.7 Å². The first-order chi connectivity index (χ1) is 19.6. The van der Waals surface area contributed by atoms with Gasteiger partial charge in [-0.05, 0) is 55.4 Å². The summed E-state index contributed by atoms with van der Waals surface area (Å²) in [5.41, 5.74) is 1.07. The number of carbonyl (C=O) groups is 3. The summed E-state index contributed by atoms with van der Waals surface area (Å²) >= 11 is 1.70. The quantitative estimate of drug-likeness (QED) is 0.107. The summed E-state index contributed by atoms with van der Waals surface area (Å²) in [5, 5.41) is 8.98. The van der Waals surface area contributed by atoms with E-state index in [4.69, 9.17) is 0 Å². The molecule has 0 aliphatic heterocycles. The maximum atomic E-state index is 12.7. The highest BCUT2D eigenvalue weighted by Gasteiger charge is 2.19. The Bertz CT molecular complexity index is 779. The second-order valence-corrected chi connectivity index (χ2v) is 11.8. The van der Waals surface area contributed by atoms with Crippen molar-refractivity contribution >= 4 is 29.5 Å². The zero-order valence-corrected chi connectivity index (χ0v) is 26.1. The molecule has 228 valence electrons. The van der Waals surface area contributed by atoms with Crippen LogP contribution >= 0.6 is 11.8 Å². The van der Waals surface area contributed by atoms with Gasteiger partial charge >= 0.3 is 0 Å². The van der Waals surface area contributed by atoms with Gasteiger partial charge in [0, 0.05) is 38.3 Å². The molecule has 0 radical (unpaired) electrons. The lowest BCUT2D eigenvalue weighted by Gasteiger charge is -2.18. The first-order valence-electron chi connectivity index (χ1n) is 15.8. The third-order valence-electron chi connectivity index (χ3n) is 7.14. The fourth-order valence-electron chi connectivity index (χ4n) is 4.61. The normalized spacial score (nSPS) is 11.7. The van der Waals surface area contributed by atoms with Gasteiger partial charge in [0.25, 0.3) is 0 Å². The third kappa shape index (κ3) is 20.8. The van der Waals surface area contributed by atoms with E-state index in [2.05, 4.69) is 27.9 Å². The molecule has 40 heavy (non-hydrogen) atoms. The van der Waals surface area contributed by atoms with Gasteiger partial charge in [0.05, 0.1) is 0 Å². The van der Waals surface area contributed by atoms with Crippen molar-refractivity contribution in [2.75, 3.05) is 18.6 Å². The van der Waals surface area contributed by atoms with Gasteiger partial charge in [-0.2, -0.15) is 11.8 Å². The van der Waals surface area contributed by atoms with E-state index in [0.29, 0.717) is 32.4 Å². The molecule has 1 rings (SSSR count). The monoisotopic (exact) mass is 576 g/mol. The lowest BCUT2D eigenvalue weighted by molar-refractivity contribution is -0.129. The summed E-state index contributed by atoms with van der Waals surface area (Å²) < 4.78 is 0. The van der Waals surface area contributed by atoms with Crippen molar-refractivity contribution in [1.29, 1.82) is 0 Å². The molecule has 1 heterocycles. The van der Waals surface area contributed by atoms with Gasteiger partial charge in [-0.3, -0.25) is 19.4 Å². The predicted octanol–water partition coefficient (Wildman–Crippen LogP) is 6.70. The van der Waals surface area contributed by atoms with E-state index < -0.39 is 6.04 Å². The molecule has 0 unspecified atom stereocenters. The molecule has 3 N–H and O–H groups in total. The summed E-state index contributed by atoms with van der Waals surface area (Å²) in [4.78, 5) is 41.0. The Morgan fingerprint density at radius 1 is 0.750 bits per heavy atom. The lowest BCUT2D eigenvalue weighted by atomic mass is 10.1. The first kappa shape index (κ1) is 35.9. The van der Waals surface area contributed by atoms with Crippen LogP contribution in [0.5, 0.6) is 0 Å². The molecule has 3 amide bonds. The van der Waals surface area contributed by atoms with Crippen LogP contribution in [0.15, 0.2) is 24.5 Å². The highest BCUT2D eigenvalue weighted by molar-refractivity contribution is 7.98. The minimum Gasteiger partial charge on any atom is -0.354 e. The average Bonchev–Trinajstić information content (AvgIpc) is 2.96. The molecule has 0 bridgehead atoms. The smallest absolute Gasteiger partial charge is 0.242 e. The largest absolute Gasteiger partial charge is 0.354 e. The molecule has 1 atom stereocenters. The summed E-state index contributed by atoms with van der Waals surface area (Å²) in [6, 6.07) is 3.40. The molecule has 0 spiro atoms. The second kappa shape index (κ2) is 25.8. The van der Waals surface area contributed by atoms with Gasteiger partial charge in [0.2, 0.25) is 17.7 Å². The van der Waals surface area contributed by atoms with Crippen LogP contribution in [0.4, 0.5) is 0 Å². The van der Waals surface area contributed by atoms with Gasteiger partial charge < -0.3 is 16.0 Å². The maximum Gasteiger partial charge on any atom is 0.242 e. The molecule has 7 nitrogen and oxygen atoms in total. The first-order valence-corrected chi connectivity index (χ1v) is 17.2. The van der Waals surface area contributed by atoms with Crippen LogP contribution in [0.25, 0.3) is 0 Å². The number of amides is 3. The summed E-state index contributed by atoms with van der Waals surface area (Å²) in [7, 11) is 0. The predicted molar refractivity (Wildman–Crippen MR) is 168 cm³/mol. The molecular weight excluding hydrogens is 520 g/mol. The van der Waals surface area contributed by atoms with Crippen LogP contribution in [0, 0.1) is 0 Å². The van der Waals surface area contributed by atoms with Crippen molar-refractivity contribution in [2.45, 2.75) is 135 Å². The van der Waals surface area contributed by atoms with Crippen molar-refractivity contribution < 1.29 is 14.4 Å². The summed E-state index contributed by atoms with van der Waals surface area (Å²) in [5.74, 6) is 0.918. The van der Waals surface area contributed by atoms with Gasteiger partial charge in [-0.1, -0.05) is 84.0 Å². The number of aromatic nitrogens is 1. The molecule has 0 fully saturated rings. The molecule has 0 saturated carbocycles. The number of unbranched alkanes of at least 4 members (excludes halogenated alkanes) is 13. The van der Waals surface area contributed by atoms with Crippen molar-refractivity contribution in [3.63, 3.8) is 0 Å². The Kier molecular flexibility index (Phi) is 23.2. The van der Waals surface area contributed by atoms with Gasteiger partial charge in [0.15, 0.2) is 0 Å². The Labute approximate surface area is 248 Å². The summed E-state index contributed by atoms with van der Waals surface area (Å²) in [6.45, 7) is 3.45. The van der Waals surface area contributed by atoms with E-state index in [1.807, 2.05) is 18.4 Å². The van der Waals surface area contributed by atoms with Crippen molar-refractivity contribution in [3.05, 3.63) is 30.1 Å². The van der Waals surface area contributed by atoms with E-state index in [1.165, 1.54) is 44.9 Å². The number of nitrogens with one attached hydrogen (secondary N) is 3. The van der Waals surface area contributed by atoms with E-state index in [1.54, 1.807) is 24.2 Å². The Balaban J connectivity index is 2.03. The van der Waals surface area contributed by atoms with Crippen LogP contribution in [-0.4, -0.2) is 47.3 Å². The second-order valence-electron chi connectivity index (χ2n) is 10.8. The number of hydrogen-bond acceptors (Lipinski definition) is 5. The van der Waals surface area contributed by atoms with Crippen LogP contribution in [0.1, 0.15) is 128 Å². The minimum atomic E-state index is -0.428. The zero-order valence-electron chi connectivity index (χ0n) is 25.3. The maximum absolute atomic E-state index is 12.7. The highest BCUT2D eigenvalue weighted by atomic mass is 32.2. The molecule has 0 saturated heterocycles. The van der Waals surface area contributed by atoms with Crippen molar-refractivity contribution in [3.8, 4) is 0 Å². The number of carbonyl (C=O) groups excluding carboxylic acids is 3. The molecule has 0 aromatic carbocycles. The molecular formula is C32H56N4O3S. The molecule has 0 aliphatic rings. The topological polar surface area (TPSA) is 100 Å². The number of thioether (sulfide) groups is 1. The SMILES string of the molecule is CCCCCCCCCC(=O)N[C@H](CCSC)C(=O)NCCCCCCCCCCC(=O)NCc1ccncc1. The number of hydrogen-bond donors (Lipinski definition) is 3. The third-order valence-corrected chi connectivity index (χ3v) is 7.78. The molecule has 8 heteroatoms. The summed E-state index contributed by atoms with van der Waals surface area (Å²) in [6.07, 6.45) is 24.3. The van der Waals surface area contributed by atoms with Crippen LogP contribution in [-0.2, 0) is 20.9 Å². The fourth-order valence-corrected chi connectivity index (χ4v) is 5.08. The molecule has 0 aliphatic carbocycles. The molecule has 1 aromatic rings. The number of pyridine rings is 1. The Morgan fingerprint density at radius 3 is 1.90 bits per heavy atom. The lowest BCUT2D eigenvalue weighted by Crippen LogP contribution is -2.47. The Morgan fingerprint density at radius 2 is 1.30 bits per heavy atom. The van der Waals surface area contributed by atoms with Gasteiger partial charge in [-0.25, -0.2) is 0 Å². The highest BCUT2D eigenvalue weighted by Crippen LogP contribution is 2.11. The van der Waals surface area contributed by atoms with Crippen molar-refractivity contribution in [1.82, 2.24) is 20.9 Å². The van der Waals surface area contributed by atoms with Crippen LogP contribution in [0.2, 0.25) is 0 Å². The van der Waals surface area contributed by atoms with Crippen LogP contribution in [0.3, 0.4) is 0 Å². The van der Waals surface area contributed by atoms with Gasteiger partial charge in [-0.15, -0.1) is 0 Å². The minimum absolute atomic E-state index is 0.000364. The van der Waals surface area contributed by atoms with Crippen molar-refractivity contribution in [2.24, 2.45) is 0 Å². The van der Waals surface area contributed by atoms with E-state index >= 15 is 0 Å². The van der Waals surface area contributed by atoms with E-state index in [-0.39, 0.29) is 17.7 Å². The fraction of sp³-hybridized carbons (Fsp3) is 0.750. The van der Waals surface area contributed by atoms with E-state index in [9.17, 15) is 14.4 Å². The molecule has 1 aromatic heterocycles. The standard InChI is InChI=1S/C32H56N4O3S/c1-3-4-5-6-9-13-16-19-31(38)36-29(22-26-40-2)32(39)34-23-17-14-11-8-7-10-12-15-18-30(37)35-27-28-20-24-33-25-21-28/h20-21,24-25,29H,3-19,22-23,26-27H2,1-2H3,(H,34,39)(H,35,37)(H,36,38)/t29-/m1/s1. The Hall–Kier alpha value is -2.09. The zero-order chi connectivity index (χ0) is 29.1.